The van der Waals surface area contributed by atoms with Gasteiger partial charge in [0.25, 0.3) is 5.91 Å². The third kappa shape index (κ3) is 5.03. The Morgan fingerprint density at radius 3 is 2.84 bits per heavy atom. The molecule has 2 saturated heterocycles. The lowest BCUT2D eigenvalue weighted by Gasteiger charge is -2.53. The predicted molar refractivity (Wildman–Crippen MR) is 135 cm³/mol. The summed E-state index contributed by atoms with van der Waals surface area (Å²) in [5.41, 5.74) is 4.30. The van der Waals surface area contributed by atoms with Gasteiger partial charge in [0.05, 0.1) is 0 Å². The molecule has 4 atom stereocenters. The monoisotopic (exact) mass is 583 g/mol. The number of thioether (sulfide) groups is 2. The van der Waals surface area contributed by atoms with Crippen molar-refractivity contribution in [3.8, 4) is 0 Å². The van der Waals surface area contributed by atoms with Gasteiger partial charge in [-0.05, 0) is 10.4 Å². The van der Waals surface area contributed by atoms with Gasteiger partial charge in [0, 0.05) is 23.4 Å². The number of aliphatic carboxylic acids is 2. The number of tetrazole rings is 1. The molecular weight excluding hydrogens is 562 g/mol. The molecule has 2 amide bonds. The van der Waals surface area contributed by atoms with Crippen LogP contribution in [-0.4, -0.2) is 106 Å². The number of carboxylic acids is 2. The topological polar surface area (TPSA) is 228 Å². The van der Waals surface area contributed by atoms with Crippen LogP contribution < -0.4 is 11.1 Å². The van der Waals surface area contributed by atoms with Gasteiger partial charge in [-0.2, -0.15) is 0 Å². The lowest BCUT2D eigenvalue weighted by Crippen LogP contribution is -2.74. The fourth-order valence-corrected chi connectivity index (χ4v) is 7.09. The molecular formula is C19H21N9O7S3. The van der Waals surface area contributed by atoms with E-state index in [2.05, 4.69) is 37.6 Å². The van der Waals surface area contributed by atoms with Crippen LogP contribution in [0.4, 0.5) is 5.13 Å². The molecule has 0 radical (unpaired) electrons. The second-order valence-corrected chi connectivity index (χ2v) is 11.0. The number of nitrogens with one attached hydrogen (secondary N) is 1. The summed E-state index contributed by atoms with van der Waals surface area (Å²) < 4.78 is 1.03. The molecule has 2 aliphatic rings. The normalized spacial score (nSPS) is 23.7. The van der Waals surface area contributed by atoms with Gasteiger partial charge in [0.2, 0.25) is 11.1 Å². The molecule has 202 valence electrons. The number of aromatic nitrogens is 5. The molecule has 16 nitrogen and oxygen atoms in total. The van der Waals surface area contributed by atoms with Gasteiger partial charge in [0.1, 0.15) is 29.6 Å². The highest BCUT2D eigenvalue weighted by Gasteiger charge is 2.57. The minimum absolute atomic E-state index is 0.0391. The largest absolute Gasteiger partial charge is 0.481 e. The van der Waals surface area contributed by atoms with Crippen molar-refractivity contribution in [1.29, 1.82) is 0 Å². The second-order valence-electron chi connectivity index (χ2n) is 8.11. The number of fused-ring (bicyclic) bond motifs is 1. The van der Waals surface area contributed by atoms with Crippen molar-refractivity contribution in [1.82, 2.24) is 35.4 Å². The van der Waals surface area contributed by atoms with Crippen LogP contribution in [0.15, 0.2) is 28.3 Å². The maximum absolute atomic E-state index is 12.9. The number of rotatable bonds is 11. The number of nitrogen functional groups attached to an aromatic ring is 1. The summed E-state index contributed by atoms with van der Waals surface area (Å²) in [5.74, 6) is -3.43. The number of carbonyl (C=O) groups excluding carboxylic acids is 2. The highest BCUT2D eigenvalue weighted by atomic mass is 32.2. The Balaban J connectivity index is 1.44. The zero-order valence-corrected chi connectivity index (χ0v) is 22.0. The van der Waals surface area contributed by atoms with Crippen LogP contribution >= 0.6 is 34.9 Å². The smallest absolute Gasteiger partial charge is 0.332 e. The van der Waals surface area contributed by atoms with E-state index in [0.717, 1.165) is 33.9 Å². The second kappa shape index (κ2) is 11.0. The maximum atomic E-state index is 12.9. The summed E-state index contributed by atoms with van der Waals surface area (Å²) >= 11 is 3.28. The Morgan fingerprint density at radius 2 is 2.24 bits per heavy atom. The number of anilines is 1. The number of nitrogens with zero attached hydrogens (tertiary/aromatic N) is 7. The van der Waals surface area contributed by atoms with Gasteiger partial charge in [-0.25, -0.2) is 14.5 Å². The summed E-state index contributed by atoms with van der Waals surface area (Å²) in [4.78, 5) is 59.7. The van der Waals surface area contributed by atoms with Gasteiger partial charge < -0.3 is 31.0 Å². The zero-order chi connectivity index (χ0) is 27.6. The van der Waals surface area contributed by atoms with E-state index in [1.807, 2.05) is 0 Å². The first-order valence-corrected chi connectivity index (χ1v) is 13.6. The molecule has 5 N–H and O–H groups in total. The molecule has 2 fully saturated rings. The summed E-state index contributed by atoms with van der Waals surface area (Å²) in [6.07, 6.45) is 1.15. The van der Waals surface area contributed by atoms with Gasteiger partial charge in [-0.1, -0.05) is 23.0 Å². The van der Waals surface area contributed by atoms with Gasteiger partial charge >= 0.3 is 11.9 Å². The summed E-state index contributed by atoms with van der Waals surface area (Å²) in [6, 6.07) is -2.13. The molecule has 2 aromatic heterocycles. The van der Waals surface area contributed by atoms with Crippen molar-refractivity contribution in [2.75, 3.05) is 30.9 Å². The minimum atomic E-state index is -1.37. The molecule has 4 heterocycles. The van der Waals surface area contributed by atoms with Crippen molar-refractivity contribution < 1.29 is 34.2 Å². The third-order valence-corrected chi connectivity index (χ3v) is 9.21. The first-order valence-electron chi connectivity index (χ1n) is 10.7. The van der Waals surface area contributed by atoms with Crippen molar-refractivity contribution in [2.24, 2.45) is 10.6 Å². The predicted octanol–water partition coefficient (Wildman–Crippen LogP) is -0.863. The number of β-lactam (4-membered cyclic amide) rings is 1. The Labute approximate surface area is 226 Å². The van der Waals surface area contributed by atoms with Crippen LogP contribution in [0, 0.1) is 5.41 Å². The number of thiazole rings is 1. The lowest BCUT2D eigenvalue weighted by atomic mass is 9.89. The third-order valence-electron chi connectivity index (χ3n) is 5.73. The van der Waals surface area contributed by atoms with Crippen LogP contribution in [0.5, 0.6) is 0 Å². The minimum Gasteiger partial charge on any atom is -0.481 e. The highest BCUT2D eigenvalue weighted by Crippen LogP contribution is 2.44. The molecule has 0 saturated carbocycles. The van der Waals surface area contributed by atoms with Crippen molar-refractivity contribution >= 4 is 69.5 Å². The van der Waals surface area contributed by atoms with Gasteiger partial charge in [-0.3, -0.25) is 14.4 Å². The van der Waals surface area contributed by atoms with Crippen molar-refractivity contribution in [3.63, 3.8) is 0 Å². The highest BCUT2D eigenvalue weighted by molar-refractivity contribution is 8.00. The Morgan fingerprint density at radius 1 is 1.47 bits per heavy atom. The molecule has 0 aliphatic carbocycles. The van der Waals surface area contributed by atoms with Crippen LogP contribution in [0.25, 0.3) is 0 Å². The molecule has 4 rings (SSSR count). The van der Waals surface area contributed by atoms with E-state index in [9.17, 15) is 29.4 Å². The van der Waals surface area contributed by atoms with E-state index >= 15 is 0 Å². The van der Waals surface area contributed by atoms with E-state index in [0.29, 0.717) is 0 Å². The maximum Gasteiger partial charge on any atom is 0.332 e. The standard InChI is InChI=1S/C19H21N9O7S3/c1-3-9(15(31)32)28-18(23-25-26-28)38-7-19(16(33)34)5-27-13(30)11(14(27)37-6-19)22-12(29)10(24-35-2)8-4-36-17(20)21-8/h3-4,9,11,14H,1,5-7H2,2H3,(H2,20,21)(H,22,29)(H,31,32)(H,33,34)/t9?,11?,14-,19?/m1/s1. The molecule has 2 aromatic rings. The molecule has 2 aliphatic heterocycles. The fraction of sp³-hybridized carbons (Fsp3) is 0.421. The quantitative estimate of drug-likeness (QED) is 0.0829. The van der Waals surface area contributed by atoms with Crippen molar-refractivity contribution in [2.45, 2.75) is 22.6 Å². The van der Waals surface area contributed by atoms with E-state index < -0.39 is 46.6 Å². The number of oxime groups is 1. The first kappa shape index (κ1) is 27.3. The van der Waals surface area contributed by atoms with Gasteiger partial charge in [0.15, 0.2) is 16.9 Å². The van der Waals surface area contributed by atoms with Crippen molar-refractivity contribution in [3.05, 3.63) is 23.7 Å². The Kier molecular flexibility index (Phi) is 7.88. The Hall–Kier alpha value is -3.71. The molecule has 0 aromatic carbocycles. The fourth-order valence-electron chi connectivity index (χ4n) is 3.77. The average Bonchev–Trinajstić information content (AvgIpc) is 3.53. The molecule has 38 heavy (non-hydrogen) atoms. The van der Waals surface area contributed by atoms with Crippen LogP contribution in [-0.2, 0) is 24.0 Å². The number of carboxylic acid groups (broad SMARTS) is 2. The number of amides is 2. The van der Waals surface area contributed by atoms with Crippen LogP contribution in [0.1, 0.15) is 11.7 Å². The number of carbonyl (C=O) groups is 4. The Bertz CT molecular complexity index is 1310. The van der Waals surface area contributed by atoms with E-state index in [-0.39, 0.29) is 39.7 Å². The van der Waals surface area contributed by atoms with E-state index in [1.54, 1.807) is 0 Å². The number of hydrogen-bond donors (Lipinski definition) is 4. The summed E-state index contributed by atoms with van der Waals surface area (Å²) in [7, 11) is 1.26. The zero-order valence-electron chi connectivity index (χ0n) is 19.6. The molecule has 0 bridgehead atoms. The SMILES string of the molecule is C=CC(C(=O)O)n1nnnc1SCC1(C(=O)O)CS[C@@H]2C(NC(=O)C(=NOC)c3csc(N)n3)C(=O)N2C1. The number of nitrogens with two attached hydrogens (primary N) is 1. The molecule has 0 spiro atoms. The number of hydrogen-bond acceptors (Lipinski definition) is 14. The van der Waals surface area contributed by atoms with E-state index in [1.165, 1.54) is 29.2 Å². The van der Waals surface area contributed by atoms with Crippen LogP contribution in [0.2, 0.25) is 0 Å². The van der Waals surface area contributed by atoms with Crippen LogP contribution in [0.3, 0.4) is 0 Å². The average molecular weight is 584 g/mol. The first-order chi connectivity index (χ1) is 18.1. The van der Waals surface area contributed by atoms with E-state index in [4.69, 9.17) is 10.6 Å². The summed E-state index contributed by atoms with van der Waals surface area (Å²) in [6.45, 7) is 3.35. The summed E-state index contributed by atoms with van der Waals surface area (Å²) in [5, 5.41) is 38.1. The lowest BCUT2D eigenvalue weighted by molar-refractivity contribution is -0.157. The molecule has 3 unspecified atom stereocenters. The molecule has 19 heteroatoms. The van der Waals surface area contributed by atoms with Gasteiger partial charge in [-0.15, -0.1) is 34.8 Å².